The molecular formula is C15H25NO18S2. The Balaban J connectivity index is 2.44. The molecule has 0 aliphatic carbocycles. The highest BCUT2D eigenvalue weighted by Gasteiger charge is 2.55. The number of ether oxygens (including phenoxy) is 4. The van der Waals surface area contributed by atoms with Gasteiger partial charge in [0, 0.05) is 14.0 Å². The van der Waals surface area contributed by atoms with Crippen molar-refractivity contribution >= 4 is 32.7 Å². The first kappa shape index (κ1) is 30.6. The molecule has 10 atom stereocenters. The largest absolute Gasteiger partial charge is 0.479 e. The summed E-state index contributed by atoms with van der Waals surface area (Å²) in [7, 11) is -9.52. The normalized spacial score (nSPS) is 37.9. The molecule has 0 saturated carbocycles. The summed E-state index contributed by atoms with van der Waals surface area (Å²) in [5, 5.41) is 42.5. The molecule has 1 amide bonds. The minimum Gasteiger partial charge on any atom is -0.479 e. The molecule has 21 heteroatoms. The third-order valence-corrected chi connectivity index (χ3v) is 5.91. The van der Waals surface area contributed by atoms with Gasteiger partial charge in [0.25, 0.3) is 0 Å². The minimum atomic E-state index is -5.25. The average Bonchev–Trinajstić information content (AvgIpc) is 2.73. The summed E-state index contributed by atoms with van der Waals surface area (Å²) in [5.74, 6) is -2.63. The Kier molecular flexibility index (Phi) is 10.1. The van der Waals surface area contributed by atoms with Crippen LogP contribution in [0, 0.1) is 0 Å². The predicted molar refractivity (Wildman–Crippen MR) is 106 cm³/mol. The number of methoxy groups -OCH3 is 1. The van der Waals surface area contributed by atoms with Crippen LogP contribution in [0.5, 0.6) is 0 Å². The third-order valence-electron chi connectivity index (χ3n) is 4.98. The molecule has 0 aromatic heterocycles. The second-order valence-corrected chi connectivity index (χ2v) is 9.61. The van der Waals surface area contributed by atoms with Gasteiger partial charge in [-0.05, 0) is 0 Å². The fourth-order valence-corrected chi connectivity index (χ4v) is 4.60. The molecule has 0 bridgehead atoms. The van der Waals surface area contributed by atoms with Crippen LogP contribution >= 0.6 is 0 Å². The van der Waals surface area contributed by atoms with Gasteiger partial charge in [0.2, 0.25) is 5.91 Å². The number of aliphatic carboxylic acids is 1. The van der Waals surface area contributed by atoms with Crippen molar-refractivity contribution in [3.05, 3.63) is 0 Å². The topological polar surface area (TPSA) is 291 Å². The number of nitrogens with one attached hydrogen (secondary N) is 1. The van der Waals surface area contributed by atoms with Crippen molar-refractivity contribution in [1.82, 2.24) is 5.32 Å². The Morgan fingerprint density at radius 3 is 1.92 bits per heavy atom. The van der Waals surface area contributed by atoms with Crippen LogP contribution in [0.2, 0.25) is 0 Å². The van der Waals surface area contributed by atoms with Gasteiger partial charge in [-0.15, -0.1) is 0 Å². The average molecular weight is 571 g/mol. The van der Waals surface area contributed by atoms with Crippen molar-refractivity contribution in [3.8, 4) is 0 Å². The lowest BCUT2D eigenvalue weighted by molar-refractivity contribution is -0.334. The number of rotatable bonds is 10. The molecule has 0 unspecified atom stereocenters. The monoisotopic (exact) mass is 571 g/mol. The van der Waals surface area contributed by atoms with Crippen LogP contribution in [-0.2, 0) is 57.7 Å². The molecule has 2 aliphatic rings. The van der Waals surface area contributed by atoms with E-state index in [1.807, 2.05) is 0 Å². The summed E-state index contributed by atoms with van der Waals surface area (Å²) in [6.07, 6.45) is -18.3. The van der Waals surface area contributed by atoms with Gasteiger partial charge < -0.3 is 44.7 Å². The van der Waals surface area contributed by atoms with E-state index in [1.165, 1.54) is 0 Å². The molecule has 19 nitrogen and oxygen atoms in total. The molecule has 210 valence electrons. The van der Waals surface area contributed by atoms with E-state index < -0.39 is 101 Å². The van der Waals surface area contributed by atoms with Gasteiger partial charge in [-0.25, -0.2) is 13.2 Å². The van der Waals surface area contributed by atoms with Crippen molar-refractivity contribution in [1.29, 1.82) is 0 Å². The molecule has 0 spiro atoms. The second kappa shape index (κ2) is 11.8. The molecule has 7 N–H and O–H groups in total. The SMILES string of the molecule is CO[C@@H]1O[C@@H](C(=O)O)[C@@H](O[C@@H]2O[C@H](CO)[C@H](OS(=O)(=O)O)[C@H](O)[C@H]2NC(C)=O)[C@H](O)[C@H]1OS(=O)(=O)O. The fourth-order valence-electron chi connectivity index (χ4n) is 3.59. The van der Waals surface area contributed by atoms with Crippen molar-refractivity contribution < 1.29 is 83.3 Å². The lowest BCUT2D eigenvalue weighted by Gasteiger charge is -2.47. The molecule has 2 rings (SSSR count). The van der Waals surface area contributed by atoms with Crippen molar-refractivity contribution in [2.45, 2.75) is 68.3 Å². The number of carbonyl (C=O) groups excluding carboxylic acids is 1. The van der Waals surface area contributed by atoms with E-state index in [1.54, 1.807) is 0 Å². The molecular weight excluding hydrogens is 546 g/mol. The zero-order valence-corrected chi connectivity index (χ0v) is 20.0. The zero-order valence-electron chi connectivity index (χ0n) is 18.4. The second-order valence-electron chi connectivity index (χ2n) is 7.51. The standard InChI is InChI=1S/C15H25NO18S2/c1-4(18)16-6-7(19)9(33-35(23,24)25)5(3-17)30-14(6)31-10-8(20)11(34-36(26,27)28)15(29-2)32-12(10)13(21)22/h5-12,14-15,17,19-20H,3H2,1-2H3,(H,16,18)(H,21,22)(H,23,24,25)(H,26,27,28)/t5-,6-,7-,8+,9+,10+,11-,12-,14+,15-/m1/s1. The predicted octanol–water partition coefficient (Wildman–Crippen LogP) is -4.85. The Hall–Kier alpha value is -1.60. The number of amides is 1. The van der Waals surface area contributed by atoms with Gasteiger partial charge in [0.1, 0.15) is 36.6 Å². The van der Waals surface area contributed by atoms with Crippen LogP contribution in [-0.4, -0.2) is 133 Å². The lowest BCUT2D eigenvalue weighted by Crippen LogP contribution is -2.68. The van der Waals surface area contributed by atoms with E-state index in [4.69, 9.17) is 28.1 Å². The molecule has 2 saturated heterocycles. The minimum absolute atomic E-state index is 0.855. The molecule has 2 heterocycles. The van der Waals surface area contributed by atoms with Crippen LogP contribution in [0.3, 0.4) is 0 Å². The summed E-state index contributed by atoms with van der Waals surface area (Å²) in [4.78, 5) is 23.4. The lowest BCUT2D eigenvalue weighted by atomic mass is 9.95. The van der Waals surface area contributed by atoms with Gasteiger partial charge in [-0.1, -0.05) is 0 Å². The highest BCUT2D eigenvalue weighted by molar-refractivity contribution is 7.81. The quantitative estimate of drug-likeness (QED) is 0.121. The van der Waals surface area contributed by atoms with E-state index in [0.29, 0.717) is 0 Å². The zero-order chi connectivity index (χ0) is 27.6. The van der Waals surface area contributed by atoms with E-state index >= 15 is 0 Å². The van der Waals surface area contributed by atoms with Crippen molar-refractivity contribution in [3.63, 3.8) is 0 Å². The van der Waals surface area contributed by atoms with Crippen LogP contribution in [0.25, 0.3) is 0 Å². The Morgan fingerprint density at radius 1 is 0.917 bits per heavy atom. The summed E-state index contributed by atoms with van der Waals surface area (Å²) in [6, 6.07) is -1.78. The van der Waals surface area contributed by atoms with Crippen LogP contribution in [0.1, 0.15) is 6.92 Å². The first-order chi connectivity index (χ1) is 16.5. The van der Waals surface area contributed by atoms with Crippen LogP contribution in [0.4, 0.5) is 0 Å². The number of carboxylic acids is 1. The Morgan fingerprint density at radius 2 is 1.47 bits per heavy atom. The highest BCUT2D eigenvalue weighted by Crippen LogP contribution is 2.32. The van der Waals surface area contributed by atoms with Gasteiger partial charge in [0.15, 0.2) is 24.8 Å². The molecule has 2 aliphatic heterocycles. The van der Waals surface area contributed by atoms with E-state index in [9.17, 15) is 46.9 Å². The molecule has 2 fully saturated rings. The Bertz CT molecular complexity index is 1000. The number of hydrogen-bond acceptors (Lipinski definition) is 15. The first-order valence-corrected chi connectivity index (χ1v) is 12.5. The maximum absolute atomic E-state index is 11.8. The van der Waals surface area contributed by atoms with Crippen molar-refractivity contribution in [2.75, 3.05) is 13.7 Å². The van der Waals surface area contributed by atoms with Crippen LogP contribution in [0.15, 0.2) is 0 Å². The van der Waals surface area contributed by atoms with E-state index in [-0.39, 0.29) is 0 Å². The fraction of sp³-hybridized carbons (Fsp3) is 0.867. The smallest absolute Gasteiger partial charge is 0.397 e. The van der Waals surface area contributed by atoms with Gasteiger partial charge in [0.05, 0.1) is 6.61 Å². The maximum atomic E-state index is 11.8. The molecule has 36 heavy (non-hydrogen) atoms. The number of hydrogen-bond donors (Lipinski definition) is 7. The molecule has 0 aromatic carbocycles. The number of aliphatic hydroxyl groups is 3. The number of aliphatic hydroxyl groups excluding tert-OH is 3. The molecule has 0 aromatic rings. The molecule has 0 radical (unpaired) electrons. The van der Waals surface area contributed by atoms with Gasteiger partial charge >= 0.3 is 26.8 Å². The highest BCUT2D eigenvalue weighted by atomic mass is 32.3. The summed E-state index contributed by atoms with van der Waals surface area (Å²) in [5.41, 5.74) is 0. The summed E-state index contributed by atoms with van der Waals surface area (Å²) in [6.45, 7) is -0.103. The summed E-state index contributed by atoms with van der Waals surface area (Å²) < 4.78 is 91.9. The van der Waals surface area contributed by atoms with E-state index in [0.717, 1.165) is 14.0 Å². The first-order valence-electron chi connectivity index (χ1n) is 9.76. The Labute approximate surface area is 203 Å². The maximum Gasteiger partial charge on any atom is 0.397 e. The van der Waals surface area contributed by atoms with Crippen LogP contribution < -0.4 is 5.32 Å². The number of carbonyl (C=O) groups is 2. The third kappa shape index (κ3) is 7.70. The number of carboxylic acid groups (broad SMARTS) is 1. The summed E-state index contributed by atoms with van der Waals surface area (Å²) >= 11 is 0. The van der Waals surface area contributed by atoms with Gasteiger partial charge in [-0.3, -0.25) is 13.9 Å². The van der Waals surface area contributed by atoms with Gasteiger partial charge in [-0.2, -0.15) is 16.8 Å². The van der Waals surface area contributed by atoms with E-state index in [2.05, 4.69) is 13.7 Å². The van der Waals surface area contributed by atoms with Crippen molar-refractivity contribution in [2.24, 2.45) is 0 Å².